The minimum atomic E-state index is -0.186. The molecule has 0 fully saturated rings. The number of methoxy groups -OCH3 is 1. The summed E-state index contributed by atoms with van der Waals surface area (Å²) in [4.78, 5) is 12.0. The molecule has 0 radical (unpaired) electrons. The van der Waals surface area contributed by atoms with Gasteiger partial charge in [0.05, 0.1) is 13.7 Å². The molecule has 4 nitrogen and oxygen atoms in total. The van der Waals surface area contributed by atoms with Gasteiger partial charge in [0.25, 0.3) is 0 Å². The van der Waals surface area contributed by atoms with Crippen LogP contribution in [0.15, 0.2) is 54.6 Å². The fraction of sp³-hybridized carbons (Fsp3) is 0.250. The lowest BCUT2D eigenvalue weighted by Gasteiger charge is -2.09. The van der Waals surface area contributed by atoms with Crippen molar-refractivity contribution in [2.75, 3.05) is 19.0 Å². The average Bonchev–Trinajstić information content (AvgIpc) is 2.59. The predicted octanol–water partition coefficient (Wildman–Crippen LogP) is 4.38. The van der Waals surface area contributed by atoms with Crippen LogP contribution in [0.3, 0.4) is 0 Å². The van der Waals surface area contributed by atoms with E-state index in [1.54, 1.807) is 13.2 Å². The third-order valence-corrected chi connectivity index (χ3v) is 3.23. The maximum atomic E-state index is 12.0. The fourth-order valence-electron chi connectivity index (χ4n) is 2.00. The lowest BCUT2D eigenvalue weighted by molar-refractivity contribution is -0.111. The molecule has 0 saturated carbocycles. The topological polar surface area (TPSA) is 47.6 Å². The molecular weight excluding hydrogens is 302 g/mol. The van der Waals surface area contributed by atoms with Gasteiger partial charge in [0.15, 0.2) is 0 Å². The van der Waals surface area contributed by atoms with E-state index in [2.05, 4.69) is 19.2 Å². The van der Waals surface area contributed by atoms with Crippen molar-refractivity contribution < 1.29 is 14.3 Å². The number of hydrogen-bond acceptors (Lipinski definition) is 3. The summed E-state index contributed by atoms with van der Waals surface area (Å²) in [6.07, 6.45) is 3.25. The maximum Gasteiger partial charge on any atom is 0.248 e. The second-order valence-electron chi connectivity index (χ2n) is 5.83. The van der Waals surface area contributed by atoms with Gasteiger partial charge in [-0.05, 0) is 54.0 Å². The van der Waals surface area contributed by atoms with Crippen LogP contribution in [0.2, 0.25) is 0 Å². The van der Waals surface area contributed by atoms with Crippen molar-refractivity contribution in [3.8, 4) is 11.5 Å². The largest absolute Gasteiger partial charge is 0.497 e. The van der Waals surface area contributed by atoms with Crippen molar-refractivity contribution in [2.45, 2.75) is 13.8 Å². The summed E-state index contributed by atoms with van der Waals surface area (Å²) in [5.41, 5.74) is 1.63. The van der Waals surface area contributed by atoms with Crippen molar-refractivity contribution in [3.05, 3.63) is 60.2 Å². The quantitative estimate of drug-likeness (QED) is 0.768. The van der Waals surface area contributed by atoms with E-state index < -0.39 is 0 Å². The van der Waals surface area contributed by atoms with E-state index in [9.17, 15) is 4.79 Å². The zero-order valence-electron chi connectivity index (χ0n) is 14.3. The van der Waals surface area contributed by atoms with Gasteiger partial charge in [-0.3, -0.25) is 4.79 Å². The van der Waals surface area contributed by atoms with Crippen LogP contribution in [0.5, 0.6) is 11.5 Å². The Hall–Kier alpha value is -2.75. The number of hydrogen-bond donors (Lipinski definition) is 1. The zero-order chi connectivity index (χ0) is 17.4. The van der Waals surface area contributed by atoms with Gasteiger partial charge >= 0.3 is 0 Å². The number of anilines is 1. The van der Waals surface area contributed by atoms with Crippen LogP contribution >= 0.6 is 0 Å². The molecule has 0 bridgehead atoms. The Bertz CT molecular complexity index is 690. The van der Waals surface area contributed by atoms with Gasteiger partial charge in [-0.25, -0.2) is 0 Å². The van der Waals surface area contributed by atoms with Crippen LogP contribution < -0.4 is 14.8 Å². The average molecular weight is 325 g/mol. The highest BCUT2D eigenvalue weighted by molar-refractivity contribution is 6.01. The summed E-state index contributed by atoms with van der Waals surface area (Å²) >= 11 is 0. The summed E-state index contributed by atoms with van der Waals surface area (Å²) in [5, 5.41) is 2.82. The third-order valence-electron chi connectivity index (χ3n) is 3.23. The van der Waals surface area contributed by atoms with Crippen LogP contribution in [-0.2, 0) is 4.79 Å². The van der Waals surface area contributed by atoms with Crippen molar-refractivity contribution in [2.24, 2.45) is 5.92 Å². The van der Waals surface area contributed by atoms with E-state index in [0.717, 1.165) is 22.7 Å². The van der Waals surface area contributed by atoms with E-state index in [1.165, 1.54) is 6.08 Å². The van der Waals surface area contributed by atoms with Crippen LogP contribution in [0.4, 0.5) is 5.69 Å². The zero-order valence-corrected chi connectivity index (χ0v) is 14.3. The molecule has 126 valence electrons. The normalized spacial score (nSPS) is 10.8. The molecule has 24 heavy (non-hydrogen) atoms. The molecule has 2 aromatic rings. The van der Waals surface area contributed by atoms with Crippen LogP contribution in [-0.4, -0.2) is 19.6 Å². The van der Waals surface area contributed by atoms with E-state index in [-0.39, 0.29) is 5.91 Å². The highest BCUT2D eigenvalue weighted by Gasteiger charge is 2.01. The Balaban J connectivity index is 1.90. The van der Waals surface area contributed by atoms with Gasteiger partial charge in [-0.15, -0.1) is 0 Å². The Morgan fingerprint density at radius 2 is 1.88 bits per heavy atom. The molecule has 2 aromatic carbocycles. The van der Waals surface area contributed by atoms with Gasteiger partial charge < -0.3 is 14.8 Å². The third kappa shape index (κ3) is 5.80. The highest BCUT2D eigenvalue weighted by Crippen LogP contribution is 2.17. The Kier molecular flexibility index (Phi) is 6.43. The van der Waals surface area contributed by atoms with Crippen LogP contribution in [0, 0.1) is 5.92 Å². The lowest BCUT2D eigenvalue weighted by Crippen LogP contribution is -2.08. The number of amides is 1. The first-order valence-corrected chi connectivity index (χ1v) is 7.93. The van der Waals surface area contributed by atoms with Gasteiger partial charge in [-0.2, -0.15) is 0 Å². The SMILES string of the molecule is COc1cccc(/C=C/C(=O)Nc2ccc(OCC(C)C)cc2)c1. The van der Waals surface area contributed by atoms with Gasteiger partial charge in [0, 0.05) is 11.8 Å². The van der Waals surface area contributed by atoms with Crippen molar-refractivity contribution in [1.29, 1.82) is 0 Å². The van der Waals surface area contributed by atoms with Crippen molar-refractivity contribution in [1.82, 2.24) is 0 Å². The number of nitrogens with one attached hydrogen (secondary N) is 1. The maximum absolute atomic E-state index is 12.0. The first-order chi connectivity index (χ1) is 11.6. The summed E-state index contributed by atoms with van der Waals surface area (Å²) in [6.45, 7) is 4.88. The second kappa shape index (κ2) is 8.77. The lowest BCUT2D eigenvalue weighted by atomic mass is 10.2. The van der Waals surface area contributed by atoms with Crippen LogP contribution in [0.1, 0.15) is 19.4 Å². The molecule has 0 aliphatic carbocycles. The molecule has 0 saturated heterocycles. The Morgan fingerprint density at radius 3 is 2.54 bits per heavy atom. The smallest absolute Gasteiger partial charge is 0.248 e. The number of rotatable bonds is 7. The first kappa shape index (κ1) is 17.6. The Morgan fingerprint density at radius 1 is 1.12 bits per heavy atom. The minimum absolute atomic E-state index is 0.186. The summed E-state index contributed by atoms with van der Waals surface area (Å²) < 4.78 is 10.8. The summed E-state index contributed by atoms with van der Waals surface area (Å²) in [6, 6.07) is 14.9. The standard InChI is InChI=1S/C20H23NO3/c1-15(2)14-24-18-10-8-17(9-11-18)21-20(22)12-7-16-5-4-6-19(13-16)23-3/h4-13,15H,14H2,1-3H3,(H,21,22)/b12-7+. The molecule has 0 spiro atoms. The molecule has 0 unspecified atom stereocenters. The molecule has 2 rings (SSSR count). The molecule has 0 heterocycles. The Labute approximate surface area is 143 Å². The summed E-state index contributed by atoms with van der Waals surface area (Å²) in [5.74, 6) is 1.85. The van der Waals surface area contributed by atoms with Gasteiger partial charge in [-0.1, -0.05) is 26.0 Å². The number of carbonyl (C=O) groups excluding carboxylic acids is 1. The van der Waals surface area contributed by atoms with Gasteiger partial charge in [0.2, 0.25) is 5.91 Å². The number of ether oxygens (including phenoxy) is 2. The molecule has 1 amide bonds. The highest BCUT2D eigenvalue weighted by atomic mass is 16.5. The van der Waals surface area contributed by atoms with E-state index >= 15 is 0 Å². The second-order valence-corrected chi connectivity index (χ2v) is 5.83. The monoisotopic (exact) mass is 325 g/mol. The molecular formula is C20H23NO3. The first-order valence-electron chi connectivity index (χ1n) is 7.93. The van der Waals surface area contributed by atoms with Gasteiger partial charge in [0.1, 0.15) is 11.5 Å². The van der Waals surface area contributed by atoms with Crippen molar-refractivity contribution in [3.63, 3.8) is 0 Å². The predicted molar refractivity (Wildman–Crippen MR) is 97.4 cm³/mol. The minimum Gasteiger partial charge on any atom is -0.497 e. The molecule has 0 aliphatic rings. The van der Waals surface area contributed by atoms with Crippen LogP contribution in [0.25, 0.3) is 6.08 Å². The van der Waals surface area contributed by atoms with E-state index in [4.69, 9.17) is 9.47 Å². The van der Waals surface area contributed by atoms with E-state index in [0.29, 0.717) is 12.5 Å². The summed E-state index contributed by atoms with van der Waals surface area (Å²) in [7, 11) is 1.62. The molecule has 0 aromatic heterocycles. The molecule has 0 atom stereocenters. The fourth-order valence-corrected chi connectivity index (χ4v) is 2.00. The molecule has 4 heteroatoms. The van der Waals surface area contributed by atoms with Crippen molar-refractivity contribution >= 4 is 17.7 Å². The van der Waals surface area contributed by atoms with E-state index in [1.807, 2.05) is 48.5 Å². The molecule has 0 aliphatic heterocycles. The number of benzene rings is 2. The number of carbonyl (C=O) groups is 1. The molecule has 1 N–H and O–H groups in total.